The summed E-state index contributed by atoms with van der Waals surface area (Å²) in [5.41, 5.74) is 4.32. The van der Waals surface area contributed by atoms with Crippen molar-refractivity contribution in [3.05, 3.63) is 64.7 Å². The molecule has 154 valence electrons. The third-order valence-electron chi connectivity index (χ3n) is 4.62. The molecule has 0 radical (unpaired) electrons. The lowest BCUT2D eigenvalue weighted by Crippen LogP contribution is -2.28. The molecule has 6 nitrogen and oxygen atoms in total. The third kappa shape index (κ3) is 5.18. The monoisotopic (exact) mass is 415 g/mol. The Kier molecular flexibility index (Phi) is 7.30. The summed E-state index contributed by atoms with van der Waals surface area (Å²) in [5.74, 6) is 0.0415. The van der Waals surface area contributed by atoms with E-state index in [1.165, 1.54) is 5.56 Å². The van der Waals surface area contributed by atoms with Gasteiger partial charge in [-0.25, -0.2) is 4.79 Å². The molecule has 1 heterocycles. The molecule has 1 amide bonds. The number of thioether (sulfide) groups is 1. The molecule has 1 atom stereocenters. The first-order valence-corrected chi connectivity index (χ1v) is 10.5. The zero-order valence-corrected chi connectivity index (χ0v) is 17.4. The number of ether oxygens (including phenoxy) is 2. The first kappa shape index (κ1) is 21.4. The van der Waals surface area contributed by atoms with Crippen molar-refractivity contribution >= 4 is 29.3 Å². The lowest BCUT2D eigenvalue weighted by Gasteiger charge is -2.26. The molecule has 2 aromatic rings. The maximum Gasteiger partial charge on any atom is 0.338 e. The van der Waals surface area contributed by atoms with Gasteiger partial charge < -0.3 is 14.6 Å². The first-order chi connectivity index (χ1) is 14.0. The molecule has 29 heavy (non-hydrogen) atoms. The fourth-order valence-corrected chi connectivity index (χ4v) is 4.33. The van der Waals surface area contributed by atoms with E-state index in [9.17, 15) is 9.59 Å². The van der Waals surface area contributed by atoms with Crippen molar-refractivity contribution in [1.82, 2.24) is 0 Å². The summed E-state index contributed by atoms with van der Waals surface area (Å²) >= 11 is 1.60. The zero-order chi connectivity index (χ0) is 20.8. The Bertz CT molecular complexity index is 868. The molecule has 3 rings (SSSR count). The van der Waals surface area contributed by atoms with Gasteiger partial charge in [0.2, 0.25) is 5.91 Å². The molecule has 0 aliphatic carbocycles. The Morgan fingerprint density at radius 1 is 1.14 bits per heavy atom. The normalized spacial score (nSPS) is 16.3. The molecule has 2 aromatic carbocycles. The summed E-state index contributed by atoms with van der Waals surface area (Å²) < 4.78 is 10.3. The number of anilines is 1. The van der Waals surface area contributed by atoms with Crippen LogP contribution in [0, 0.1) is 13.8 Å². The fraction of sp³-hybridized carbons (Fsp3) is 0.364. The highest BCUT2D eigenvalue weighted by molar-refractivity contribution is 8.00. The number of aryl methyl sites for hydroxylation is 2. The third-order valence-corrected chi connectivity index (χ3v) is 5.83. The number of hydrogen-bond acceptors (Lipinski definition) is 6. The average Bonchev–Trinajstić information content (AvgIpc) is 3.09. The number of benzene rings is 2. The van der Waals surface area contributed by atoms with Gasteiger partial charge in [0.25, 0.3) is 0 Å². The predicted molar refractivity (Wildman–Crippen MR) is 113 cm³/mol. The number of carbonyl (C=O) groups excluding carboxylic acids is 2. The Morgan fingerprint density at radius 3 is 2.59 bits per heavy atom. The quantitative estimate of drug-likeness (QED) is 0.527. The largest absolute Gasteiger partial charge is 0.460 e. The molecule has 0 bridgehead atoms. The van der Waals surface area contributed by atoms with Crippen molar-refractivity contribution in [1.29, 1.82) is 0 Å². The van der Waals surface area contributed by atoms with E-state index in [2.05, 4.69) is 12.1 Å². The molecular formula is C22H25NO5S. The summed E-state index contributed by atoms with van der Waals surface area (Å²) in [6.45, 7) is 4.44. The van der Waals surface area contributed by atoms with Crippen LogP contribution in [0.2, 0.25) is 0 Å². The highest BCUT2D eigenvalue weighted by atomic mass is 32.2. The molecule has 7 heteroatoms. The van der Waals surface area contributed by atoms with E-state index in [0.29, 0.717) is 11.3 Å². The highest BCUT2D eigenvalue weighted by Gasteiger charge is 2.34. The number of rotatable bonds is 8. The van der Waals surface area contributed by atoms with Gasteiger partial charge in [0.15, 0.2) is 0 Å². The van der Waals surface area contributed by atoms with Gasteiger partial charge >= 0.3 is 5.97 Å². The Morgan fingerprint density at radius 2 is 1.90 bits per heavy atom. The van der Waals surface area contributed by atoms with Crippen molar-refractivity contribution < 1.29 is 24.2 Å². The van der Waals surface area contributed by atoms with Crippen LogP contribution in [0.4, 0.5) is 5.69 Å². The maximum absolute atomic E-state index is 12.6. The predicted octanol–water partition coefficient (Wildman–Crippen LogP) is 3.25. The highest BCUT2D eigenvalue weighted by Crippen LogP contribution is 2.42. The van der Waals surface area contributed by atoms with Gasteiger partial charge in [-0.1, -0.05) is 29.8 Å². The summed E-state index contributed by atoms with van der Waals surface area (Å²) in [5, 5.41) is 8.58. The van der Waals surface area contributed by atoms with Crippen molar-refractivity contribution in [3.63, 3.8) is 0 Å². The number of aliphatic hydroxyl groups excluding tert-OH is 1. The molecule has 1 unspecified atom stereocenters. The number of amides is 1. The van der Waals surface area contributed by atoms with Gasteiger partial charge in [0, 0.05) is 5.69 Å². The van der Waals surface area contributed by atoms with Gasteiger partial charge in [0.1, 0.15) is 12.0 Å². The van der Waals surface area contributed by atoms with E-state index < -0.39 is 5.97 Å². The van der Waals surface area contributed by atoms with Gasteiger partial charge in [-0.3, -0.25) is 9.69 Å². The van der Waals surface area contributed by atoms with Crippen LogP contribution in [0.3, 0.4) is 0 Å². The summed E-state index contributed by atoms with van der Waals surface area (Å²) in [4.78, 5) is 26.6. The van der Waals surface area contributed by atoms with E-state index in [1.54, 1.807) is 30.0 Å². The second-order valence-electron chi connectivity index (χ2n) is 6.81. The lowest BCUT2D eigenvalue weighted by atomic mass is 10.1. The second-order valence-corrected chi connectivity index (χ2v) is 7.88. The van der Waals surface area contributed by atoms with Gasteiger partial charge in [0.05, 0.1) is 31.1 Å². The van der Waals surface area contributed by atoms with E-state index >= 15 is 0 Å². The minimum atomic E-state index is -0.440. The molecule has 1 aliphatic rings. The molecule has 1 aliphatic heterocycles. The molecule has 1 N–H and O–H groups in total. The van der Waals surface area contributed by atoms with Crippen LogP contribution in [-0.2, 0) is 14.3 Å². The molecule has 0 aromatic heterocycles. The van der Waals surface area contributed by atoms with Gasteiger partial charge in [-0.05, 0) is 43.2 Å². The zero-order valence-electron chi connectivity index (χ0n) is 16.6. The number of esters is 1. The van der Waals surface area contributed by atoms with Crippen LogP contribution in [0.15, 0.2) is 42.5 Å². The molecule has 1 saturated heterocycles. The summed E-state index contributed by atoms with van der Waals surface area (Å²) in [6.07, 6.45) is 0. The lowest BCUT2D eigenvalue weighted by molar-refractivity contribution is -0.115. The van der Waals surface area contributed by atoms with Crippen LogP contribution in [0.5, 0.6) is 0 Å². The Balaban J connectivity index is 1.73. The minimum absolute atomic E-state index is 0.0556. The SMILES string of the molecule is Cc1ccc(C2SCC(=O)N2c2ccc(C(=O)OCCOCCO)cc2C)cc1. The van der Waals surface area contributed by atoms with Crippen molar-refractivity contribution in [3.8, 4) is 0 Å². The number of hydrogen-bond donors (Lipinski definition) is 1. The van der Waals surface area contributed by atoms with Crippen LogP contribution >= 0.6 is 11.8 Å². The molecule has 1 fully saturated rings. The van der Waals surface area contributed by atoms with Crippen LogP contribution in [-0.4, -0.2) is 49.2 Å². The van der Waals surface area contributed by atoms with Crippen molar-refractivity contribution in [2.24, 2.45) is 0 Å². The van der Waals surface area contributed by atoms with E-state index in [-0.39, 0.29) is 37.7 Å². The Labute approximate surface area is 174 Å². The van der Waals surface area contributed by atoms with Crippen molar-refractivity contribution in [2.75, 3.05) is 37.1 Å². The average molecular weight is 416 g/mol. The minimum Gasteiger partial charge on any atom is -0.460 e. The summed E-state index contributed by atoms with van der Waals surface area (Å²) in [7, 11) is 0. The van der Waals surface area contributed by atoms with Gasteiger partial charge in [-0.15, -0.1) is 11.8 Å². The van der Waals surface area contributed by atoms with E-state index in [0.717, 1.165) is 16.8 Å². The number of aliphatic hydroxyl groups is 1. The fourth-order valence-electron chi connectivity index (χ4n) is 3.16. The number of carbonyl (C=O) groups is 2. The second kappa shape index (κ2) is 9.91. The Hall–Kier alpha value is -2.35. The van der Waals surface area contributed by atoms with E-state index in [1.807, 2.05) is 30.9 Å². The molecular weight excluding hydrogens is 390 g/mol. The molecule has 0 spiro atoms. The molecule has 0 saturated carbocycles. The maximum atomic E-state index is 12.6. The summed E-state index contributed by atoms with van der Waals surface area (Å²) in [6, 6.07) is 13.4. The smallest absolute Gasteiger partial charge is 0.338 e. The van der Waals surface area contributed by atoms with Crippen LogP contribution in [0.25, 0.3) is 0 Å². The first-order valence-electron chi connectivity index (χ1n) is 9.48. The topological polar surface area (TPSA) is 76.1 Å². The van der Waals surface area contributed by atoms with Crippen LogP contribution < -0.4 is 4.90 Å². The van der Waals surface area contributed by atoms with Gasteiger partial charge in [-0.2, -0.15) is 0 Å². The van der Waals surface area contributed by atoms with Crippen LogP contribution in [0.1, 0.15) is 32.4 Å². The number of nitrogens with zero attached hydrogens (tertiary/aromatic N) is 1. The van der Waals surface area contributed by atoms with E-state index in [4.69, 9.17) is 14.6 Å². The standard InChI is InChI=1S/C22H25NO5S/c1-15-3-5-17(6-4-15)21-23(20(25)14-29-21)19-8-7-18(13-16(19)2)22(26)28-12-11-27-10-9-24/h3-8,13,21,24H,9-12,14H2,1-2H3. The van der Waals surface area contributed by atoms with Crippen molar-refractivity contribution in [2.45, 2.75) is 19.2 Å².